The Balaban J connectivity index is 1.78. The van der Waals surface area contributed by atoms with Crippen molar-refractivity contribution in [2.24, 2.45) is 0 Å². The molecule has 0 amide bonds. The van der Waals surface area contributed by atoms with Crippen LogP contribution in [0.1, 0.15) is 30.9 Å². The summed E-state index contributed by atoms with van der Waals surface area (Å²) in [7, 11) is 2.18. The lowest BCUT2D eigenvalue weighted by molar-refractivity contribution is 0.322. The Kier molecular flexibility index (Phi) is 5.23. The average molecular weight is 262 g/mol. The van der Waals surface area contributed by atoms with Gasteiger partial charge in [-0.1, -0.05) is 12.1 Å². The number of rotatable bonds is 8. The molecule has 0 bridgehead atoms. The van der Waals surface area contributed by atoms with Crippen molar-refractivity contribution in [3.8, 4) is 5.75 Å². The molecule has 19 heavy (non-hydrogen) atoms. The number of likely N-dealkylation sites (N-methyl/N-ethyl adjacent to an activating group) is 1. The Hall–Kier alpha value is -1.06. The molecule has 3 nitrogen and oxygen atoms in total. The van der Waals surface area contributed by atoms with Gasteiger partial charge >= 0.3 is 0 Å². The van der Waals surface area contributed by atoms with E-state index in [9.17, 15) is 0 Å². The molecule has 106 valence electrons. The molecule has 0 saturated heterocycles. The molecule has 0 aliphatic heterocycles. The molecule has 0 heterocycles. The van der Waals surface area contributed by atoms with E-state index in [1.807, 2.05) is 6.92 Å². The zero-order valence-electron chi connectivity index (χ0n) is 12.4. The number of benzene rings is 1. The maximum absolute atomic E-state index is 5.57. The first-order chi connectivity index (χ1) is 9.19. The van der Waals surface area contributed by atoms with E-state index < -0.39 is 0 Å². The van der Waals surface area contributed by atoms with E-state index in [1.54, 1.807) is 0 Å². The SMILES string of the molecule is CCOc1ccc(CN(C)CCNC2CC2)cc1C. The van der Waals surface area contributed by atoms with Gasteiger partial charge in [-0.3, -0.25) is 0 Å². The number of nitrogens with one attached hydrogen (secondary N) is 1. The molecule has 1 saturated carbocycles. The normalized spacial score (nSPS) is 14.9. The van der Waals surface area contributed by atoms with Crippen LogP contribution in [0.3, 0.4) is 0 Å². The smallest absolute Gasteiger partial charge is 0.122 e. The molecule has 1 aromatic rings. The molecule has 0 radical (unpaired) electrons. The molecule has 1 aliphatic rings. The summed E-state index contributed by atoms with van der Waals surface area (Å²) in [6.45, 7) is 8.06. The summed E-state index contributed by atoms with van der Waals surface area (Å²) >= 11 is 0. The summed E-state index contributed by atoms with van der Waals surface area (Å²) in [6, 6.07) is 7.30. The lowest BCUT2D eigenvalue weighted by atomic mass is 10.1. The van der Waals surface area contributed by atoms with Crippen LogP contribution >= 0.6 is 0 Å². The van der Waals surface area contributed by atoms with Gasteiger partial charge in [0.25, 0.3) is 0 Å². The molecule has 0 atom stereocenters. The number of aryl methyl sites for hydroxylation is 1. The molecule has 1 aromatic carbocycles. The number of nitrogens with zero attached hydrogens (tertiary/aromatic N) is 1. The topological polar surface area (TPSA) is 24.5 Å². The monoisotopic (exact) mass is 262 g/mol. The second kappa shape index (κ2) is 6.92. The fraction of sp³-hybridized carbons (Fsp3) is 0.625. The highest BCUT2D eigenvalue weighted by atomic mass is 16.5. The predicted octanol–water partition coefficient (Wildman–Crippen LogP) is 2.58. The summed E-state index contributed by atoms with van der Waals surface area (Å²) in [5.74, 6) is 1.00. The third-order valence-electron chi connectivity index (χ3n) is 3.50. The van der Waals surface area contributed by atoms with Crippen molar-refractivity contribution >= 4 is 0 Å². The second-order valence-corrected chi connectivity index (χ2v) is 5.50. The Labute approximate surface area is 116 Å². The van der Waals surface area contributed by atoms with Crippen LogP contribution in [0.25, 0.3) is 0 Å². The van der Waals surface area contributed by atoms with E-state index >= 15 is 0 Å². The van der Waals surface area contributed by atoms with Crippen LogP contribution in [0.2, 0.25) is 0 Å². The number of hydrogen-bond acceptors (Lipinski definition) is 3. The van der Waals surface area contributed by atoms with Crippen LogP contribution in [0.4, 0.5) is 0 Å². The van der Waals surface area contributed by atoms with Gasteiger partial charge in [-0.05, 0) is 50.9 Å². The van der Waals surface area contributed by atoms with Crippen molar-refractivity contribution in [3.63, 3.8) is 0 Å². The van der Waals surface area contributed by atoms with Crippen molar-refractivity contribution in [2.75, 3.05) is 26.7 Å². The van der Waals surface area contributed by atoms with Gasteiger partial charge in [0.2, 0.25) is 0 Å². The van der Waals surface area contributed by atoms with E-state index in [0.717, 1.165) is 38.0 Å². The maximum atomic E-state index is 5.57. The van der Waals surface area contributed by atoms with Gasteiger partial charge in [0.1, 0.15) is 5.75 Å². The second-order valence-electron chi connectivity index (χ2n) is 5.50. The fourth-order valence-electron chi connectivity index (χ4n) is 2.27. The first-order valence-electron chi connectivity index (χ1n) is 7.33. The first kappa shape index (κ1) is 14.4. The Bertz CT molecular complexity index is 402. The molecule has 0 spiro atoms. The quantitative estimate of drug-likeness (QED) is 0.779. The lowest BCUT2D eigenvalue weighted by Crippen LogP contribution is -2.30. The van der Waals surface area contributed by atoms with Crippen molar-refractivity contribution in [2.45, 2.75) is 39.3 Å². The standard InChI is InChI=1S/C16H26N2O/c1-4-19-16-8-5-14(11-13(16)2)12-18(3)10-9-17-15-6-7-15/h5,8,11,15,17H,4,6-7,9-10,12H2,1-3H3. The van der Waals surface area contributed by atoms with Crippen molar-refractivity contribution in [3.05, 3.63) is 29.3 Å². The van der Waals surface area contributed by atoms with Gasteiger partial charge < -0.3 is 15.0 Å². The number of ether oxygens (including phenoxy) is 1. The van der Waals surface area contributed by atoms with E-state index in [4.69, 9.17) is 4.74 Å². The first-order valence-corrected chi connectivity index (χ1v) is 7.33. The Morgan fingerprint density at radius 3 is 2.79 bits per heavy atom. The van der Waals surface area contributed by atoms with Crippen LogP contribution in [0.5, 0.6) is 5.75 Å². The zero-order chi connectivity index (χ0) is 13.7. The van der Waals surface area contributed by atoms with Crippen LogP contribution in [-0.4, -0.2) is 37.7 Å². The summed E-state index contributed by atoms with van der Waals surface area (Å²) in [6.07, 6.45) is 2.73. The van der Waals surface area contributed by atoms with E-state index in [1.165, 1.54) is 24.0 Å². The summed E-state index contributed by atoms with van der Waals surface area (Å²) in [5, 5.41) is 3.55. The van der Waals surface area contributed by atoms with E-state index in [0.29, 0.717) is 0 Å². The third kappa shape index (κ3) is 4.84. The fourth-order valence-corrected chi connectivity index (χ4v) is 2.27. The summed E-state index contributed by atoms with van der Waals surface area (Å²) in [5.41, 5.74) is 2.58. The summed E-state index contributed by atoms with van der Waals surface area (Å²) in [4.78, 5) is 2.37. The molecule has 0 unspecified atom stereocenters. The minimum Gasteiger partial charge on any atom is -0.494 e. The van der Waals surface area contributed by atoms with E-state index in [2.05, 4.69) is 42.4 Å². The minimum absolute atomic E-state index is 0.729. The van der Waals surface area contributed by atoms with Gasteiger partial charge in [0.15, 0.2) is 0 Å². The van der Waals surface area contributed by atoms with Crippen LogP contribution in [-0.2, 0) is 6.54 Å². The highest BCUT2D eigenvalue weighted by molar-refractivity contribution is 5.36. The average Bonchev–Trinajstić information content (AvgIpc) is 3.17. The van der Waals surface area contributed by atoms with Gasteiger partial charge in [-0.2, -0.15) is 0 Å². The molecular weight excluding hydrogens is 236 g/mol. The van der Waals surface area contributed by atoms with Crippen molar-refractivity contribution in [1.29, 1.82) is 0 Å². The minimum atomic E-state index is 0.729. The highest BCUT2D eigenvalue weighted by Gasteiger charge is 2.19. The Morgan fingerprint density at radius 2 is 2.16 bits per heavy atom. The molecule has 1 N–H and O–H groups in total. The molecule has 0 aromatic heterocycles. The Morgan fingerprint density at radius 1 is 1.37 bits per heavy atom. The predicted molar refractivity (Wildman–Crippen MR) is 79.7 cm³/mol. The summed E-state index contributed by atoms with van der Waals surface area (Å²) < 4.78 is 5.57. The van der Waals surface area contributed by atoms with E-state index in [-0.39, 0.29) is 0 Å². The molecule has 3 heteroatoms. The number of hydrogen-bond donors (Lipinski definition) is 1. The largest absolute Gasteiger partial charge is 0.494 e. The molecule has 1 fully saturated rings. The highest BCUT2D eigenvalue weighted by Crippen LogP contribution is 2.20. The van der Waals surface area contributed by atoms with Crippen LogP contribution < -0.4 is 10.1 Å². The third-order valence-corrected chi connectivity index (χ3v) is 3.50. The van der Waals surface area contributed by atoms with Gasteiger partial charge in [-0.15, -0.1) is 0 Å². The van der Waals surface area contributed by atoms with Crippen LogP contribution in [0.15, 0.2) is 18.2 Å². The van der Waals surface area contributed by atoms with Gasteiger partial charge in [0, 0.05) is 25.7 Å². The zero-order valence-corrected chi connectivity index (χ0v) is 12.4. The molecular formula is C16H26N2O. The van der Waals surface area contributed by atoms with Gasteiger partial charge in [0.05, 0.1) is 6.61 Å². The molecule has 2 rings (SSSR count). The van der Waals surface area contributed by atoms with Crippen LogP contribution in [0, 0.1) is 6.92 Å². The maximum Gasteiger partial charge on any atom is 0.122 e. The van der Waals surface area contributed by atoms with Gasteiger partial charge in [-0.25, -0.2) is 0 Å². The van der Waals surface area contributed by atoms with Crippen molar-refractivity contribution < 1.29 is 4.74 Å². The van der Waals surface area contributed by atoms with Crippen molar-refractivity contribution in [1.82, 2.24) is 10.2 Å². The lowest BCUT2D eigenvalue weighted by Gasteiger charge is -2.18. The molecule has 1 aliphatic carbocycles.